The minimum Gasteiger partial charge on any atom is -0.493 e. The molecule has 2 aromatic carbocycles. The van der Waals surface area contributed by atoms with Gasteiger partial charge in [0.1, 0.15) is 16.1 Å². The van der Waals surface area contributed by atoms with E-state index in [2.05, 4.69) is 5.32 Å². The van der Waals surface area contributed by atoms with Gasteiger partial charge in [-0.3, -0.25) is 25.0 Å². The molecule has 0 aliphatic rings. The van der Waals surface area contributed by atoms with E-state index in [-0.39, 0.29) is 28.3 Å². The predicted octanol–water partition coefficient (Wildman–Crippen LogP) is 4.99. The van der Waals surface area contributed by atoms with E-state index in [1.54, 1.807) is 30.5 Å². The number of nitrogens with zero attached hydrogens (tertiary/aromatic N) is 2. The molecule has 0 radical (unpaired) electrons. The second-order valence-electron chi connectivity index (χ2n) is 7.25. The minimum absolute atomic E-state index is 0.0542. The molecule has 0 spiro atoms. The monoisotopic (exact) mass is 515 g/mol. The van der Waals surface area contributed by atoms with Crippen LogP contribution in [-0.4, -0.2) is 42.5 Å². The number of benzene rings is 2. The van der Waals surface area contributed by atoms with Crippen molar-refractivity contribution in [1.29, 1.82) is 0 Å². The third-order valence-electron chi connectivity index (χ3n) is 5.20. The van der Waals surface area contributed by atoms with Crippen molar-refractivity contribution in [3.05, 3.63) is 72.6 Å². The van der Waals surface area contributed by atoms with Crippen LogP contribution in [0.15, 0.2) is 35.7 Å². The SMILES string of the molecule is CCOC(=O)c1c(-c2ccc(OC)c(OC)c2)csc1NC(=O)c1cc([N+](=O)[O-])c(C)c([N+](=O)[O-])c1. The first-order chi connectivity index (χ1) is 17.1. The van der Waals surface area contributed by atoms with E-state index < -0.39 is 33.1 Å². The number of anilines is 1. The number of thiophene rings is 1. The Morgan fingerprint density at radius 1 is 1.00 bits per heavy atom. The summed E-state index contributed by atoms with van der Waals surface area (Å²) in [5.74, 6) is -0.682. The summed E-state index contributed by atoms with van der Waals surface area (Å²) in [6, 6.07) is 6.91. The number of amides is 1. The van der Waals surface area contributed by atoms with Gasteiger partial charge in [-0.05, 0) is 31.5 Å². The quantitative estimate of drug-likeness (QED) is 0.235. The Labute approximate surface area is 208 Å². The average molecular weight is 516 g/mol. The number of hydrogen-bond donors (Lipinski definition) is 1. The summed E-state index contributed by atoms with van der Waals surface area (Å²) in [6.45, 7) is 2.93. The average Bonchev–Trinajstić information content (AvgIpc) is 3.26. The molecule has 36 heavy (non-hydrogen) atoms. The molecule has 1 heterocycles. The molecule has 12 nitrogen and oxygen atoms in total. The van der Waals surface area contributed by atoms with E-state index in [4.69, 9.17) is 14.2 Å². The van der Waals surface area contributed by atoms with Gasteiger partial charge in [-0.25, -0.2) is 4.79 Å². The van der Waals surface area contributed by atoms with Crippen LogP contribution in [0, 0.1) is 27.2 Å². The summed E-state index contributed by atoms with van der Waals surface area (Å²) in [6.07, 6.45) is 0. The first-order valence-electron chi connectivity index (χ1n) is 10.4. The van der Waals surface area contributed by atoms with Gasteiger partial charge >= 0.3 is 5.97 Å². The maximum atomic E-state index is 13.0. The van der Waals surface area contributed by atoms with Crippen LogP contribution in [-0.2, 0) is 4.74 Å². The molecule has 0 aliphatic carbocycles. The van der Waals surface area contributed by atoms with Crippen LogP contribution >= 0.6 is 11.3 Å². The topological polar surface area (TPSA) is 160 Å². The molecule has 13 heteroatoms. The third-order valence-corrected chi connectivity index (χ3v) is 6.10. The van der Waals surface area contributed by atoms with E-state index in [1.807, 2.05) is 0 Å². The Kier molecular flexibility index (Phi) is 7.84. The van der Waals surface area contributed by atoms with E-state index in [0.717, 1.165) is 23.5 Å². The zero-order valence-corrected chi connectivity index (χ0v) is 20.5. The molecule has 0 aliphatic heterocycles. The highest BCUT2D eigenvalue weighted by Crippen LogP contribution is 2.40. The number of esters is 1. The van der Waals surface area contributed by atoms with Crippen molar-refractivity contribution in [3.8, 4) is 22.6 Å². The maximum Gasteiger partial charge on any atom is 0.341 e. The first kappa shape index (κ1) is 26.1. The van der Waals surface area contributed by atoms with Crippen LogP contribution in [0.2, 0.25) is 0 Å². The molecule has 3 aromatic rings. The van der Waals surface area contributed by atoms with Gasteiger partial charge in [0, 0.05) is 23.1 Å². The Morgan fingerprint density at radius 3 is 2.14 bits per heavy atom. The molecule has 1 amide bonds. The smallest absolute Gasteiger partial charge is 0.341 e. The molecule has 0 atom stereocenters. The predicted molar refractivity (Wildman–Crippen MR) is 131 cm³/mol. The zero-order chi connectivity index (χ0) is 26.6. The Hall–Kier alpha value is -4.52. The lowest BCUT2D eigenvalue weighted by Crippen LogP contribution is -2.15. The van der Waals surface area contributed by atoms with E-state index in [9.17, 15) is 29.8 Å². The standard InChI is InChI=1S/C23H21N3O9S/c1-5-35-23(28)20-15(13-6-7-18(33-3)19(10-13)34-4)11-36-22(20)24-21(27)14-8-16(25(29)30)12(2)17(9-14)26(31)32/h6-11H,5H2,1-4H3,(H,24,27). The van der Waals surface area contributed by atoms with Crippen molar-refractivity contribution in [2.45, 2.75) is 13.8 Å². The van der Waals surface area contributed by atoms with Gasteiger partial charge in [-0.1, -0.05) is 6.07 Å². The highest BCUT2D eigenvalue weighted by molar-refractivity contribution is 7.15. The summed E-state index contributed by atoms with van der Waals surface area (Å²) >= 11 is 1.02. The lowest BCUT2D eigenvalue weighted by atomic mass is 10.0. The van der Waals surface area contributed by atoms with Crippen LogP contribution in [0.5, 0.6) is 11.5 Å². The number of methoxy groups -OCH3 is 2. The molecule has 0 saturated carbocycles. The molecule has 0 saturated heterocycles. The van der Waals surface area contributed by atoms with Gasteiger partial charge in [0.05, 0.1) is 36.2 Å². The van der Waals surface area contributed by atoms with Crippen LogP contribution < -0.4 is 14.8 Å². The van der Waals surface area contributed by atoms with E-state index in [0.29, 0.717) is 22.6 Å². The van der Waals surface area contributed by atoms with Crippen LogP contribution in [0.4, 0.5) is 16.4 Å². The van der Waals surface area contributed by atoms with Crippen molar-refractivity contribution in [3.63, 3.8) is 0 Å². The van der Waals surface area contributed by atoms with Crippen molar-refractivity contribution in [1.82, 2.24) is 0 Å². The van der Waals surface area contributed by atoms with E-state index in [1.165, 1.54) is 21.1 Å². The molecular formula is C23H21N3O9S. The Bertz CT molecular complexity index is 1330. The largest absolute Gasteiger partial charge is 0.493 e. The molecule has 0 fully saturated rings. The molecule has 0 bridgehead atoms. The number of nitro benzene ring substituents is 2. The van der Waals surface area contributed by atoms with Gasteiger partial charge in [0.15, 0.2) is 11.5 Å². The van der Waals surface area contributed by atoms with Crippen molar-refractivity contribution >= 4 is 39.6 Å². The van der Waals surface area contributed by atoms with Crippen LogP contribution in [0.25, 0.3) is 11.1 Å². The third kappa shape index (κ3) is 5.10. The fourth-order valence-electron chi connectivity index (χ4n) is 3.44. The number of carbonyl (C=O) groups is 2. The highest BCUT2D eigenvalue weighted by Gasteiger charge is 2.28. The lowest BCUT2D eigenvalue weighted by molar-refractivity contribution is -0.395. The van der Waals surface area contributed by atoms with Gasteiger partial charge < -0.3 is 19.5 Å². The number of rotatable bonds is 9. The first-order valence-corrected chi connectivity index (χ1v) is 11.3. The normalized spacial score (nSPS) is 10.4. The molecule has 3 rings (SSSR count). The number of nitro groups is 2. The van der Waals surface area contributed by atoms with Gasteiger partial charge in [0.2, 0.25) is 0 Å². The van der Waals surface area contributed by atoms with Gasteiger partial charge in [-0.2, -0.15) is 0 Å². The van der Waals surface area contributed by atoms with Crippen molar-refractivity contribution < 1.29 is 33.6 Å². The number of nitrogens with one attached hydrogen (secondary N) is 1. The van der Waals surface area contributed by atoms with E-state index >= 15 is 0 Å². The maximum absolute atomic E-state index is 13.0. The molecule has 188 valence electrons. The fraction of sp³-hybridized carbons (Fsp3) is 0.217. The van der Waals surface area contributed by atoms with Crippen LogP contribution in [0.3, 0.4) is 0 Å². The fourth-order valence-corrected chi connectivity index (χ4v) is 4.39. The lowest BCUT2D eigenvalue weighted by Gasteiger charge is -2.11. The van der Waals surface area contributed by atoms with Gasteiger partial charge in [0.25, 0.3) is 17.3 Å². The molecule has 1 N–H and O–H groups in total. The molecular weight excluding hydrogens is 494 g/mol. The summed E-state index contributed by atoms with van der Waals surface area (Å²) in [5, 5.41) is 27.0. The summed E-state index contributed by atoms with van der Waals surface area (Å²) < 4.78 is 15.7. The molecule has 1 aromatic heterocycles. The number of ether oxygens (including phenoxy) is 3. The highest BCUT2D eigenvalue weighted by atomic mass is 32.1. The Balaban J connectivity index is 2.08. The van der Waals surface area contributed by atoms with Gasteiger partial charge in [-0.15, -0.1) is 11.3 Å². The second-order valence-corrected chi connectivity index (χ2v) is 8.13. The number of carbonyl (C=O) groups excluding carboxylic acids is 2. The van der Waals surface area contributed by atoms with Crippen LogP contribution in [0.1, 0.15) is 33.2 Å². The molecule has 0 unspecified atom stereocenters. The van der Waals surface area contributed by atoms with Crippen molar-refractivity contribution in [2.24, 2.45) is 0 Å². The number of hydrogen-bond acceptors (Lipinski definition) is 10. The Morgan fingerprint density at radius 2 is 1.61 bits per heavy atom. The second kappa shape index (κ2) is 10.8. The summed E-state index contributed by atoms with van der Waals surface area (Å²) in [4.78, 5) is 47.0. The summed E-state index contributed by atoms with van der Waals surface area (Å²) in [7, 11) is 2.95. The van der Waals surface area contributed by atoms with Crippen molar-refractivity contribution in [2.75, 3.05) is 26.1 Å². The minimum atomic E-state index is -0.868. The summed E-state index contributed by atoms with van der Waals surface area (Å²) in [5.41, 5.74) is -0.562. The zero-order valence-electron chi connectivity index (χ0n) is 19.6.